The highest BCUT2D eigenvalue weighted by Crippen LogP contribution is 2.21. The summed E-state index contributed by atoms with van der Waals surface area (Å²) in [5, 5.41) is 8.74. The number of nitrogens with one attached hydrogen (secondary N) is 1. The van der Waals surface area contributed by atoms with Crippen molar-refractivity contribution in [2.45, 2.75) is 17.2 Å². The number of sulfonamides is 1. The molecule has 19 heavy (non-hydrogen) atoms. The number of carbonyl (C=O) groups is 2. The average molecular weight is 306 g/mol. The zero-order valence-electron chi connectivity index (χ0n) is 10.6. The SMILES string of the molecule is CC(NS(=O)(=O)c1ccc(C(=O)O)s1)C(=O)N(C)C. The number of aromatic carboxylic acids is 1. The Morgan fingerprint density at radius 2 is 1.95 bits per heavy atom. The van der Waals surface area contributed by atoms with E-state index in [-0.39, 0.29) is 9.09 Å². The Labute approximate surface area is 114 Å². The van der Waals surface area contributed by atoms with Crippen LogP contribution in [-0.2, 0) is 14.8 Å². The first kappa shape index (κ1) is 15.6. The first-order valence-corrected chi connectivity index (χ1v) is 7.51. The lowest BCUT2D eigenvalue weighted by molar-refractivity contribution is -0.130. The summed E-state index contributed by atoms with van der Waals surface area (Å²) in [7, 11) is -0.864. The van der Waals surface area contributed by atoms with Gasteiger partial charge in [-0.1, -0.05) is 0 Å². The van der Waals surface area contributed by atoms with Crippen LogP contribution in [0.5, 0.6) is 0 Å². The lowest BCUT2D eigenvalue weighted by Gasteiger charge is -2.17. The predicted octanol–water partition coefficient (Wildman–Crippen LogP) is 0.201. The van der Waals surface area contributed by atoms with Gasteiger partial charge in [0.15, 0.2) is 0 Å². The van der Waals surface area contributed by atoms with Gasteiger partial charge >= 0.3 is 5.97 Å². The van der Waals surface area contributed by atoms with Crippen LogP contribution >= 0.6 is 11.3 Å². The van der Waals surface area contributed by atoms with Crippen LogP contribution in [0.15, 0.2) is 16.3 Å². The maximum absolute atomic E-state index is 11.9. The molecule has 1 aromatic rings. The van der Waals surface area contributed by atoms with Gasteiger partial charge in [-0.15, -0.1) is 11.3 Å². The van der Waals surface area contributed by atoms with E-state index in [1.165, 1.54) is 38.1 Å². The Kier molecular flexibility index (Phi) is 4.66. The van der Waals surface area contributed by atoms with Crippen LogP contribution in [0.25, 0.3) is 0 Å². The minimum absolute atomic E-state index is 0.0769. The number of amides is 1. The molecule has 0 aliphatic rings. The third-order valence-corrected chi connectivity index (χ3v) is 5.31. The van der Waals surface area contributed by atoms with Crippen molar-refractivity contribution in [2.24, 2.45) is 0 Å². The quantitative estimate of drug-likeness (QED) is 0.809. The molecule has 0 aromatic carbocycles. The standard InChI is InChI=1S/C10H14N2O5S2/c1-6(9(13)12(2)3)11-19(16,17)8-5-4-7(18-8)10(14)15/h4-6,11H,1-3H3,(H,14,15). The van der Waals surface area contributed by atoms with E-state index in [9.17, 15) is 18.0 Å². The number of hydrogen-bond acceptors (Lipinski definition) is 5. The molecule has 0 bridgehead atoms. The normalized spacial score (nSPS) is 13.0. The highest BCUT2D eigenvalue weighted by atomic mass is 32.2. The largest absolute Gasteiger partial charge is 0.477 e. The summed E-state index contributed by atoms with van der Waals surface area (Å²) in [5.41, 5.74) is 0. The van der Waals surface area contributed by atoms with Crippen molar-refractivity contribution in [3.8, 4) is 0 Å². The van der Waals surface area contributed by atoms with E-state index in [1.807, 2.05) is 0 Å². The molecule has 1 amide bonds. The molecule has 1 heterocycles. The van der Waals surface area contributed by atoms with E-state index >= 15 is 0 Å². The van der Waals surface area contributed by atoms with Crippen molar-refractivity contribution in [1.29, 1.82) is 0 Å². The Balaban J connectivity index is 2.92. The second-order valence-corrected chi connectivity index (χ2v) is 7.02. The Bertz CT molecular complexity index is 591. The highest BCUT2D eigenvalue weighted by Gasteiger charge is 2.25. The molecule has 0 aliphatic carbocycles. The third kappa shape index (κ3) is 3.75. The second-order valence-electron chi connectivity index (χ2n) is 4.00. The molecule has 0 saturated heterocycles. The second kappa shape index (κ2) is 5.68. The van der Waals surface area contributed by atoms with E-state index in [2.05, 4.69) is 4.72 Å². The van der Waals surface area contributed by atoms with E-state index in [0.29, 0.717) is 11.3 Å². The van der Waals surface area contributed by atoms with Gasteiger partial charge in [-0.2, -0.15) is 4.72 Å². The molecule has 1 aromatic heterocycles. The predicted molar refractivity (Wildman–Crippen MR) is 69.8 cm³/mol. The number of carbonyl (C=O) groups excluding carboxylic acids is 1. The van der Waals surface area contributed by atoms with Crippen LogP contribution in [0.4, 0.5) is 0 Å². The summed E-state index contributed by atoms with van der Waals surface area (Å²) >= 11 is 0.635. The van der Waals surface area contributed by atoms with Gasteiger partial charge in [-0.25, -0.2) is 13.2 Å². The Morgan fingerprint density at radius 1 is 1.37 bits per heavy atom. The van der Waals surface area contributed by atoms with E-state index in [4.69, 9.17) is 5.11 Å². The number of nitrogens with zero attached hydrogens (tertiary/aromatic N) is 1. The molecular formula is C10H14N2O5S2. The molecule has 0 fully saturated rings. The van der Waals surface area contributed by atoms with E-state index in [1.54, 1.807) is 0 Å². The summed E-state index contributed by atoms with van der Waals surface area (Å²) in [5.74, 6) is -1.58. The smallest absolute Gasteiger partial charge is 0.345 e. The number of carboxylic acids is 1. The molecule has 0 radical (unpaired) electrons. The Morgan fingerprint density at radius 3 is 2.37 bits per heavy atom. The van der Waals surface area contributed by atoms with Crippen LogP contribution < -0.4 is 4.72 Å². The number of thiophene rings is 1. The zero-order valence-corrected chi connectivity index (χ0v) is 12.2. The maximum Gasteiger partial charge on any atom is 0.345 e. The van der Waals surface area contributed by atoms with Crippen molar-refractivity contribution in [3.05, 3.63) is 17.0 Å². The molecule has 2 N–H and O–H groups in total. The monoisotopic (exact) mass is 306 g/mol. The number of likely N-dealkylation sites (N-methyl/N-ethyl adjacent to an activating group) is 1. The van der Waals surface area contributed by atoms with Gasteiger partial charge in [0.05, 0.1) is 6.04 Å². The number of hydrogen-bond donors (Lipinski definition) is 2. The van der Waals surface area contributed by atoms with Crippen LogP contribution in [0.2, 0.25) is 0 Å². The topological polar surface area (TPSA) is 104 Å². The van der Waals surface area contributed by atoms with Gasteiger partial charge in [-0.05, 0) is 19.1 Å². The lowest BCUT2D eigenvalue weighted by Crippen LogP contribution is -2.43. The van der Waals surface area contributed by atoms with E-state index in [0.717, 1.165) is 0 Å². The molecule has 9 heteroatoms. The fraction of sp³-hybridized carbons (Fsp3) is 0.400. The first-order valence-electron chi connectivity index (χ1n) is 5.22. The molecule has 0 aliphatic heterocycles. The van der Waals surface area contributed by atoms with Crippen LogP contribution in [0, 0.1) is 0 Å². The lowest BCUT2D eigenvalue weighted by atomic mass is 10.3. The van der Waals surface area contributed by atoms with Gasteiger partial charge in [0.2, 0.25) is 5.91 Å². The molecule has 7 nitrogen and oxygen atoms in total. The molecular weight excluding hydrogens is 292 g/mol. The van der Waals surface area contributed by atoms with Gasteiger partial charge in [0.25, 0.3) is 10.0 Å². The first-order chi connectivity index (χ1) is 8.65. The van der Waals surface area contributed by atoms with Crippen molar-refractivity contribution in [3.63, 3.8) is 0 Å². The molecule has 1 atom stereocenters. The summed E-state index contributed by atoms with van der Waals surface area (Å²) in [6.07, 6.45) is 0. The van der Waals surface area contributed by atoms with Crippen molar-refractivity contribution in [1.82, 2.24) is 9.62 Å². The van der Waals surface area contributed by atoms with E-state index < -0.39 is 27.9 Å². The van der Waals surface area contributed by atoms with Crippen molar-refractivity contribution < 1.29 is 23.1 Å². The highest BCUT2D eigenvalue weighted by molar-refractivity contribution is 7.91. The van der Waals surface area contributed by atoms with Crippen LogP contribution in [0.1, 0.15) is 16.6 Å². The summed E-state index contributed by atoms with van der Waals surface area (Å²) in [6.45, 7) is 1.42. The van der Waals surface area contributed by atoms with Gasteiger partial charge in [-0.3, -0.25) is 4.79 Å². The van der Waals surface area contributed by atoms with Crippen molar-refractivity contribution >= 4 is 33.2 Å². The average Bonchev–Trinajstić information content (AvgIpc) is 2.77. The molecule has 0 spiro atoms. The summed E-state index contributed by atoms with van der Waals surface area (Å²) < 4.78 is 26.0. The molecule has 106 valence electrons. The molecule has 1 unspecified atom stereocenters. The van der Waals surface area contributed by atoms with Gasteiger partial charge in [0.1, 0.15) is 9.09 Å². The fourth-order valence-corrected chi connectivity index (χ4v) is 3.67. The molecule has 0 saturated carbocycles. The van der Waals surface area contributed by atoms with Gasteiger partial charge in [0, 0.05) is 14.1 Å². The fourth-order valence-electron chi connectivity index (χ4n) is 1.31. The minimum atomic E-state index is -3.89. The number of rotatable bonds is 5. The zero-order chi connectivity index (χ0) is 14.8. The maximum atomic E-state index is 11.9. The number of carboxylic acid groups (broad SMARTS) is 1. The summed E-state index contributed by atoms with van der Waals surface area (Å²) in [4.78, 5) is 23.5. The van der Waals surface area contributed by atoms with Crippen LogP contribution in [0.3, 0.4) is 0 Å². The Hall–Kier alpha value is -1.45. The van der Waals surface area contributed by atoms with Crippen LogP contribution in [-0.4, -0.2) is 50.4 Å². The summed E-state index contributed by atoms with van der Waals surface area (Å²) in [6, 6.07) is 1.49. The third-order valence-electron chi connectivity index (χ3n) is 2.20. The molecule has 1 rings (SSSR count). The van der Waals surface area contributed by atoms with Gasteiger partial charge < -0.3 is 10.0 Å². The minimum Gasteiger partial charge on any atom is -0.477 e. The van der Waals surface area contributed by atoms with Crippen molar-refractivity contribution in [2.75, 3.05) is 14.1 Å².